The van der Waals surface area contributed by atoms with Crippen molar-refractivity contribution in [1.29, 1.82) is 0 Å². The molecule has 0 spiro atoms. The van der Waals surface area contributed by atoms with Crippen molar-refractivity contribution in [2.75, 3.05) is 13.1 Å². The molecule has 0 unspecified atom stereocenters. The Kier molecular flexibility index (Phi) is 3.44. The molecule has 0 saturated carbocycles. The topological polar surface area (TPSA) is 49.3 Å². The van der Waals surface area contributed by atoms with Crippen LogP contribution in [0.25, 0.3) is 0 Å². The molecule has 1 aliphatic rings. The lowest BCUT2D eigenvalue weighted by atomic mass is 9.77. The van der Waals surface area contributed by atoms with Crippen LogP contribution in [0.15, 0.2) is 24.3 Å². The number of carboxylic acid groups (broad SMARTS) is 1. The number of benzene rings is 1. The van der Waals surface area contributed by atoms with E-state index in [4.69, 9.17) is 0 Å². The van der Waals surface area contributed by atoms with Gasteiger partial charge in [0.1, 0.15) is 0 Å². The van der Waals surface area contributed by atoms with Gasteiger partial charge in [-0.05, 0) is 16.5 Å². The number of rotatable bonds is 2. The number of hydrogen-bond acceptors (Lipinski definition) is 2. The van der Waals surface area contributed by atoms with Crippen LogP contribution in [-0.4, -0.2) is 24.2 Å². The molecule has 0 amide bonds. The minimum absolute atomic E-state index is 0.0439. The quantitative estimate of drug-likeness (QED) is 0.843. The van der Waals surface area contributed by atoms with Gasteiger partial charge in [0, 0.05) is 19.0 Å². The van der Waals surface area contributed by atoms with Crippen LogP contribution in [0.3, 0.4) is 0 Å². The molecule has 18 heavy (non-hydrogen) atoms. The summed E-state index contributed by atoms with van der Waals surface area (Å²) in [5.41, 5.74) is 2.48. The molecule has 3 nitrogen and oxygen atoms in total. The molecule has 0 bridgehead atoms. The minimum atomic E-state index is -0.700. The van der Waals surface area contributed by atoms with Crippen molar-refractivity contribution >= 4 is 5.97 Å². The summed E-state index contributed by atoms with van der Waals surface area (Å²) in [7, 11) is 0. The van der Waals surface area contributed by atoms with Crippen LogP contribution < -0.4 is 5.32 Å². The third-order valence-corrected chi connectivity index (χ3v) is 3.70. The fourth-order valence-corrected chi connectivity index (χ4v) is 2.77. The van der Waals surface area contributed by atoms with Crippen molar-refractivity contribution < 1.29 is 9.90 Å². The fraction of sp³-hybridized carbons (Fsp3) is 0.533. The largest absolute Gasteiger partial charge is 0.481 e. The number of nitrogens with one attached hydrogen (secondary N) is 1. The molecule has 3 heteroatoms. The lowest BCUT2D eigenvalue weighted by Gasteiger charge is -2.27. The van der Waals surface area contributed by atoms with Gasteiger partial charge in [0.05, 0.1) is 5.92 Å². The number of hydrogen-bond donors (Lipinski definition) is 2. The normalized spacial score (nSPS) is 24.2. The second-order valence-electron chi connectivity index (χ2n) is 6.05. The summed E-state index contributed by atoms with van der Waals surface area (Å²) in [4.78, 5) is 11.3. The third-order valence-electron chi connectivity index (χ3n) is 3.70. The van der Waals surface area contributed by atoms with E-state index in [0.717, 1.165) is 6.54 Å². The first-order valence-electron chi connectivity index (χ1n) is 6.44. The Morgan fingerprint density at radius 1 is 1.28 bits per heavy atom. The average molecular weight is 247 g/mol. The third kappa shape index (κ3) is 2.41. The predicted molar refractivity (Wildman–Crippen MR) is 71.9 cm³/mol. The van der Waals surface area contributed by atoms with Gasteiger partial charge < -0.3 is 10.4 Å². The standard InChI is InChI=1S/C15H21NO2/c1-15(2,3)13-7-5-4-6-10(13)11-8-16-9-12(11)14(17)18/h4-7,11-12,16H,8-9H2,1-3H3,(H,17,18)/t11-,12+/m0/s1. The van der Waals surface area contributed by atoms with Crippen LogP contribution in [0.5, 0.6) is 0 Å². The van der Waals surface area contributed by atoms with E-state index in [1.807, 2.05) is 12.1 Å². The average Bonchev–Trinajstić information content (AvgIpc) is 2.76. The Morgan fingerprint density at radius 3 is 2.56 bits per heavy atom. The molecular formula is C15H21NO2. The van der Waals surface area contributed by atoms with E-state index in [2.05, 4.69) is 38.2 Å². The highest BCUT2D eigenvalue weighted by atomic mass is 16.4. The Balaban J connectivity index is 2.42. The van der Waals surface area contributed by atoms with Crippen molar-refractivity contribution in [1.82, 2.24) is 5.32 Å². The van der Waals surface area contributed by atoms with E-state index in [1.165, 1.54) is 11.1 Å². The summed E-state index contributed by atoms with van der Waals surface area (Å²) < 4.78 is 0. The molecule has 2 rings (SSSR count). The summed E-state index contributed by atoms with van der Waals surface area (Å²) in [6, 6.07) is 8.23. The molecule has 1 aliphatic heterocycles. The lowest BCUT2D eigenvalue weighted by Crippen LogP contribution is -2.24. The number of aliphatic carboxylic acids is 1. The summed E-state index contributed by atoms with van der Waals surface area (Å²) in [5.74, 6) is -0.930. The Morgan fingerprint density at radius 2 is 1.94 bits per heavy atom. The van der Waals surface area contributed by atoms with Crippen LogP contribution in [0, 0.1) is 5.92 Å². The molecule has 0 radical (unpaired) electrons. The van der Waals surface area contributed by atoms with Crippen molar-refractivity contribution in [2.24, 2.45) is 5.92 Å². The van der Waals surface area contributed by atoms with Crippen LogP contribution >= 0.6 is 0 Å². The van der Waals surface area contributed by atoms with E-state index >= 15 is 0 Å². The Hall–Kier alpha value is -1.35. The van der Waals surface area contributed by atoms with Gasteiger partial charge in [-0.3, -0.25) is 4.79 Å². The highest BCUT2D eigenvalue weighted by molar-refractivity contribution is 5.72. The van der Waals surface area contributed by atoms with Gasteiger partial charge in [0.25, 0.3) is 0 Å². The van der Waals surface area contributed by atoms with Gasteiger partial charge in [-0.2, -0.15) is 0 Å². The fourth-order valence-electron chi connectivity index (χ4n) is 2.77. The zero-order valence-electron chi connectivity index (χ0n) is 11.2. The summed E-state index contributed by atoms with van der Waals surface area (Å²) in [6.45, 7) is 7.83. The van der Waals surface area contributed by atoms with Crippen molar-refractivity contribution in [3.63, 3.8) is 0 Å². The first kappa shape index (κ1) is 13.1. The van der Waals surface area contributed by atoms with Gasteiger partial charge in [-0.1, -0.05) is 45.0 Å². The molecule has 1 fully saturated rings. The monoisotopic (exact) mass is 247 g/mol. The predicted octanol–water partition coefficient (Wildman–Crippen LogP) is 2.37. The Labute approximate surface area is 108 Å². The summed E-state index contributed by atoms with van der Waals surface area (Å²) in [5, 5.41) is 12.5. The van der Waals surface area contributed by atoms with Gasteiger partial charge in [-0.25, -0.2) is 0 Å². The Bertz CT molecular complexity index is 448. The van der Waals surface area contributed by atoms with Gasteiger partial charge in [-0.15, -0.1) is 0 Å². The van der Waals surface area contributed by atoms with E-state index in [-0.39, 0.29) is 17.3 Å². The zero-order chi connectivity index (χ0) is 13.3. The number of carboxylic acids is 1. The molecule has 1 aromatic rings. The highest BCUT2D eigenvalue weighted by Gasteiger charge is 2.36. The highest BCUT2D eigenvalue weighted by Crippen LogP contribution is 2.35. The van der Waals surface area contributed by atoms with Crippen molar-refractivity contribution in [3.05, 3.63) is 35.4 Å². The maximum atomic E-state index is 11.3. The molecule has 2 N–H and O–H groups in total. The second-order valence-corrected chi connectivity index (χ2v) is 6.05. The lowest BCUT2D eigenvalue weighted by molar-refractivity contribution is -0.141. The molecule has 1 heterocycles. The zero-order valence-corrected chi connectivity index (χ0v) is 11.2. The second kappa shape index (κ2) is 4.73. The minimum Gasteiger partial charge on any atom is -0.481 e. The van der Waals surface area contributed by atoms with Crippen LogP contribution in [0.1, 0.15) is 37.8 Å². The molecule has 0 aliphatic carbocycles. The SMILES string of the molecule is CC(C)(C)c1ccccc1[C@@H]1CNC[C@H]1C(=O)O. The molecular weight excluding hydrogens is 226 g/mol. The first-order chi connectivity index (χ1) is 8.41. The maximum absolute atomic E-state index is 11.3. The van der Waals surface area contributed by atoms with Crippen LogP contribution in [0.4, 0.5) is 0 Å². The van der Waals surface area contributed by atoms with Crippen LogP contribution in [0.2, 0.25) is 0 Å². The van der Waals surface area contributed by atoms with E-state index in [1.54, 1.807) is 0 Å². The smallest absolute Gasteiger partial charge is 0.308 e. The summed E-state index contributed by atoms with van der Waals surface area (Å²) in [6.07, 6.45) is 0. The molecule has 0 aromatic heterocycles. The number of carbonyl (C=O) groups is 1. The van der Waals surface area contributed by atoms with Crippen LogP contribution in [-0.2, 0) is 10.2 Å². The van der Waals surface area contributed by atoms with E-state index in [0.29, 0.717) is 6.54 Å². The molecule has 1 aromatic carbocycles. The van der Waals surface area contributed by atoms with Gasteiger partial charge in [0.15, 0.2) is 0 Å². The molecule has 2 atom stereocenters. The summed E-state index contributed by atoms with van der Waals surface area (Å²) >= 11 is 0. The van der Waals surface area contributed by atoms with Crippen molar-refractivity contribution in [3.8, 4) is 0 Å². The van der Waals surface area contributed by atoms with Gasteiger partial charge in [0.2, 0.25) is 0 Å². The van der Waals surface area contributed by atoms with Gasteiger partial charge >= 0.3 is 5.97 Å². The maximum Gasteiger partial charge on any atom is 0.308 e. The molecule has 98 valence electrons. The van der Waals surface area contributed by atoms with E-state index < -0.39 is 5.97 Å². The van der Waals surface area contributed by atoms with Crippen molar-refractivity contribution in [2.45, 2.75) is 32.1 Å². The first-order valence-corrected chi connectivity index (χ1v) is 6.44. The molecule has 1 saturated heterocycles. The van der Waals surface area contributed by atoms with E-state index in [9.17, 15) is 9.90 Å².